The predicted molar refractivity (Wildman–Crippen MR) is 81.3 cm³/mol. The highest BCUT2D eigenvalue weighted by atomic mass is 35.5. The summed E-state index contributed by atoms with van der Waals surface area (Å²) in [5.74, 6) is 0. The van der Waals surface area contributed by atoms with Crippen molar-refractivity contribution in [3.63, 3.8) is 0 Å². The number of hydrogen-bond donors (Lipinski definition) is 2. The van der Waals surface area contributed by atoms with Gasteiger partial charge in [-0.2, -0.15) is 8.42 Å². The molecule has 2 aromatic heterocycles. The van der Waals surface area contributed by atoms with Gasteiger partial charge in [-0.25, -0.2) is 4.98 Å². The Bertz CT molecular complexity index is 884. The number of rotatable bonds is 4. The SMILES string of the molecule is O=S(=O)(Nc1ccc(CO)cc1)c1c(Cl)nc2sccn12. The maximum Gasteiger partial charge on any atom is 0.281 e. The highest BCUT2D eigenvalue weighted by Gasteiger charge is 2.25. The number of thiazole rings is 1. The monoisotopic (exact) mass is 343 g/mol. The number of aliphatic hydroxyl groups is 1. The summed E-state index contributed by atoms with van der Waals surface area (Å²) in [5.41, 5.74) is 1.08. The van der Waals surface area contributed by atoms with Crippen molar-refractivity contribution in [2.45, 2.75) is 11.6 Å². The molecule has 0 radical (unpaired) electrons. The highest BCUT2D eigenvalue weighted by Crippen LogP contribution is 2.27. The van der Waals surface area contributed by atoms with Crippen molar-refractivity contribution in [1.82, 2.24) is 9.38 Å². The zero-order valence-corrected chi connectivity index (χ0v) is 12.9. The molecule has 9 heteroatoms. The number of benzene rings is 1. The van der Waals surface area contributed by atoms with Gasteiger partial charge in [0.25, 0.3) is 10.0 Å². The molecule has 21 heavy (non-hydrogen) atoms. The van der Waals surface area contributed by atoms with Gasteiger partial charge < -0.3 is 5.11 Å². The van der Waals surface area contributed by atoms with Crippen molar-refractivity contribution in [1.29, 1.82) is 0 Å². The van der Waals surface area contributed by atoms with E-state index in [4.69, 9.17) is 16.7 Å². The predicted octanol–water partition coefficient (Wildman–Crippen LogP) is 2.34. The van der Waals surface area contributed by atoms with Crippen molar-refractivity contribution in [2.75, 3.05) is 4.72 Å². The van der Waals surface area contributed by atoms with Crippen molar-refractivity contribution in [3.8, 4) is 0 Å². The molecule has 0 saturated heterocycles. The second-order valence-corrected chi connectivity index (χ2v) is 7.05. The summed E-state index contributed by atoms with van der Waals surface area (Å²) in [4.78, 5) is 4.51. The number of halogens is 1. The quantitative estimate of drug-likeness (QED) is 0.761. The fourth-order valence-electron chi connectivity index (χ4n) is 1.86. The Balaban J connectivity index is 1.99. The lowest BCUT2D eigenvalue weighted by Crippen LogP contribution is -2.15. The number of nitrogens with one attached hydrogen (secondary N) is 1. The van der Waals surface area contributed by atoms with E-state index in [2.05, 4.69) is 9.71 Å². The van der Waals surface area contributed by atoms with Crippen LogP contribution >= 0.6 is 22.9 Å². The van der Waals surface area contributed by atoms with E-state index in [1.807, 2.05) is 0 Å². The topological polar surface area (TPSA) is 83.7 Å². The second-order valence-electron chi connectivity index (χ2n) is 4.22. The molecule has 0 atom stereocenters. The smallest absolute Gasteiger partial charge is 0.281 e. The third kappa shape index (κ3) is 2.62. The summed E-state index contributed by atoms with van der Waals surface area (Å²) >= 11 is 7.23. The fourth-order valence-corrected chi connectivity index (χ4v) is 4.38. The Morgan fingerprint density at radius 1 is 1.33 bits per heavy atom. The number of fused-ring (bicyclic) bond motifs is 1. The molecule has 0 spiro atoms. The van der Waals surface area contributed by atoms with Crippen LogP contribution in [0.2, 0.25) is 5.15 Å². The Labute approximate surface area is 129 Å². The van der Waals surface area contributed by atoms with Crippen molar-refractivity contribution >= 4 is 43.6 Å². The number of aromatic nitrogens is 2. The van der Waals surface area contributed by atoms with E-state index >= 15 is 0 Å². The van der Waals surface area contributed by atoms with E-state index in [1.54, 1.807) is 35.8 Å². The lowest BCUT2D eigenvalue weighted by molar-refractivity contribution is 0.282. The first kappa shape index (κ1) is 14.3. The summed E-state index contributed by atoms with van der Waals surface area (Å²) < 4.78 is 28.8. The first-order valence-electron chi connectivity index (χ1n) is 5.85. The van der Waals surface area contributed by atoms with Gasteiger partial charge in [-0.3, -0.25) is 9.12 Å². The van der Waals surface area contributed by atoms with E-state index in [1.165, 1.54) is 15.7 Å². The van der Waals surface area contributed by atoms with Gasteiger partial charge in [-0.15, -0.1) is 11.3 Å². The van der Waals surface area contributed by atoms with Crippen LogP contribution in [0.1, 0.15) is 5.56 Å². The Hall–Kier alpha value is -1.61. The normalized spacial score (nSPS) is 11.9. The third-order valence-corrected chi connectivity index (χ3v) is 5.36. The number of hydrogen-bond acceptors (Lipinski definition) is 5. The van der Waals surface area contributed by atoms with Crippen LogP contribution in [0.5, 0.6) is 0 Å². The summed E-state index contributed by atoms with van der Waals surface area (Å²) in [6.07, 6.45) is 1.60. The first-order chi connectivity index (χ1) is 10.0. The zero-order chi connectivity index (χ0) is 15.0. The Morgan fingerprint density at radius 2 is 2.05 bits per heavy atom. The van der Waals surface area contributed by atoms with Gasteiger partial charge in [0, 0.05) is 17.3 Å². The van der Waals surface area contributed by atoms with Crippen molar-refractivity contribution in [2.24, 2.45) is 0 Å². The Morgan fingerprint density at radius 3 is 2.71 bits per heavy atom. The van der Waals surface area contributed by atoms with Crippen LogP contribution < -0.4 is 4.72 Å². The molecule has 110 valence electrons. The van der Waals surface area contributed by atoms with Gasteiger partial charge in [-0.05, 0) is 17.7 Å². The van der Waals surface area contributed by atoms with E-state index in [0.717, 1.165) is 0 Å². The molecule has 0 aliphatic rings. The number of nitrogens with zero attached hydrogens (tertiary/aromatic N) is 2. The minimum atomic E-state index is -3.85. The summed E-state index contributed by atoms with van der Waals surface area (Å²) in [6, 6.07) is 6.41. The van der Waals surface area contributed by atoms with Gasteiger partial charge >= 0.3 is 0 Å². The standard InChI is InChI=1S/C12H10ClN3O3S2/c13-10-11(16-5-6-20-12(16)14-10)21(18,19)15-9-3-1-8(7-17)2-4-9/h1-6,15,17H,7H2. The summed E-state index contributed by atoms with van der Waals surface area (Å²) in [5, 5.41) is 10.5. The van der Waals surface area contributed by atoms with E-state index in [9.17, 15) is 8.42 Å². The van der Waals surface area contributed by atoms with E-state index in [0.29, 0.717) is 16.2 Å². The summed E-state index contributed by atoms with van der Waals surface area (Å²) in [7, 11) is -3.85. The van der Waals surface area contributed by atoms with Gasteiger partial charge in [-0.1, -0.05) is 23.7 Å². The van der Waals surface area contributed by atoms with Gasteiger partial charge in [0.2, 0.25) is 0 Å². The molecule has 0 fully saturated rings. The van der Waals surface area contributed by atoms with E-state index < -0.39 is 10.0 Å². The molecular weight excluding hydrogens is 334 g/mol. The zero-order valence-electron chi connectivity index (χ0n) is 10.5. The number of aliphatic hydroxyl groups excluding tert-OH is 1. The molecular formula is C12H10ClN3O3S2. The van der Waals surface area contributed by atoms with Crippen LogP contribution in [-0.4, -0.2) is 22.9 Å². The third-order valence-electron chi connectivity index (χ3n) is 2.82. The summed E-state index contributed by atoms with van der Waals surface area (Å²) in [6.45, 7) is -0.100. The maximum atomic E-state index is 12.4. The lowest BCUT2D eigenvalue weighted by Gasteiger charge is -2.08. The van der Waals surface area contributed by atoms with Crippen LogP contribution in [0.4, 0.5) is 5.69 Å². The van der Waals surface area contributed by atoms with Crippen LogP contribution in [0.15, 0.2) is 40.9 Å². The molecule has 3 rings (SSSR count). The average molecular weight is 344 g/mol. The van der Waals surface area contributed by atoms with Crippen molar-refractivity contribution in [3.05, 3.63) is 46.6 Å². The fraction of sp³-hybridized carbons (Fsp3) is 0.0833. The molecule has 0 saturated carbocycles. The molecule has 3 aromatic rings. The molecule has 2 heterocycles. The molecule has 2 N–H and O–H groups in total. The molecule has 0 amide bonds. The van der Waals surface area contributed by atoms with Gasteiger partial charge in [0.15, 0.2) is 15.1 Å². The lowest BCUT2D eigenvalue weighted by atomic mass is 10.2. The Kier molecular flexibility index (Phi) is 3.62. The number of imidazole rings is 1. The largest absolute Gasteiger partial charge is 0.392 e. The number of sulfonamides is 1. The van der Waals surface area contributed by atoms with Crippen LogP contribution in [0.3, 0.4) is 0 Å². The van der Waals surface area contributed by atoms with Gasteiger partial charge in [0.1, 0.15) is 0 Å². The first-order valence-corrected chi connectivity index (χ1v) is 8.59. The van der Waals surface area contributed by atoms with Crippen LogP contribution in [0.25, 0.3) is 4.96 Å². The molecule has 0 aliphatic heterocycles. The minimum absolute atomic E-state index is 0.0682. The molecule has 6 nitrogen and oxygen atoms in total. The molecule has 1 aromatic carbocycles. The van der Waals surface area contributed by atoms with E-state index in [-0.39, 0.29) is 16.8 Å². The number of anilines is 1. The highest BCUT2D eigenvalue weighted by molar-refractivity contribution is 7.92. The maximum absolute atomic E-state index is 12.4. The van der Waals surface area contributed by atoms with Gasteiger partial charge in [0.05, 0.1) is 6.61 Å². The molecule has 0 bridgehead atoms. The average Bonchev–Trinajstić information content (AvgIpc) is 2.98. The van der Waals surface area contributed by atoms with Crippen molar-refractivity contribution < 1.29 is 13.5 Å². The molecule has 0 unspecified atom stereocenters. The minimum Gasteiger partial charge on any atom is -0.392 e. The van der Waals surface area contributed by atoms with Crippen LogP contribution in [0, 0.1) is 0 Å². The second kappa shape index (κ2) is 5.30. The van der Waals surface area contributed by atoms with Crippen LogP contribution in [-0.2, 0) is 16.6 Å². The molecule has 0 aliphatic carbocycles.